The second-order valence-electron chi connectivity index (χ2n) is 6.74. The molecule has 0 radical (unpaired) electrons. The molecule has 0 aliphatic carbocycles. The van der Waals surface area contributed by atoms with Gasteiger partial charge in [-0.05, 0) is 25.0 Å². The lowest BCUT2D eigenvalue weighted by Crippen LogP contribution is -2.28. The van der Waals surface area contributed by atoms with E-state index in [9.17, 15) is 4.79 Å². The van der Waals surface area contributed by atoms with Gasteiger partial charge in [0.2, 0.25) is 0 Å². The molecule has 4 aromatic rings. The predicted molar refractivity (Wildman–Crippen MR) is 107 cm³/mol. The molecule has 0 saturated carbocycles. The summed E-state index contributed by atoms with van der Waals surface area (Å²) >= 11 is 0. The van der Waals surface area contributed by atoms with Crippen LogP contribution in [-0.4, -0.2) is 30.3 Å². The van der Waals surface area contributed by atoms with Crippen LogP contribution in [0.2, 0.25) is 0 Å². The first-order valence-corrected chi connectivity index (χ1v) is 9.28. The lowest BCUT2D eigenvalue weighted by Gasteiger charge is -2.16. The minimum Gasteiger partial charge on any atom is -0.344 e. The smallest absolute Gasteiger partial charge is 0.272 e. The third kappa shape index (κ3) is 3.15. The van der Waals surface area contributed by atoms with Gasteiger partial charge in [0.1, 0.15) is 0 Å². The van der Waals surface area contributed by atoms with Gasteiger partial charge in [-0.15, -0.1) is 0 Å². The Kier molecular flexibility index (Phi) is 4.65. The van der Waals surface area contributed by atoms with Crippen molar-refractivity contribution >= 4 is 11.6 Å². The highest BCUT2D eigenvalue weighted by molar-refractivity contribution is 5.93. The molecule has 0 fully saturated rings. The van der Waals surface area contributed by atoms with Crippen molar-refractivity contribution in [3.8, 4) is 11.3 Å². The zero-order chi connectivity index (χ0) is 19.7. The number of rotatable bonds is 5. The van der Waals surface area contributed by atoms with E-state index in [0.29, 0.717) is 11.3 Å². The summed E-state index contributed by atoms with van der Waals surface area (Å²) in [6.07, 6.45) is 4.31. The maximum Gasteiger partial charge on any atom is 0.272 e. The SMILES string of the molecule is CCC(NC(=O)c1cc2nccc(-c3cnn(C)c3C)n2n1)c1ccccc1. The number of aromatic nitrogens is 5. The zero-order valence-electron chi connectivity index (χ0n) is 16.1. The Morgan fingerprint density at radius 3 is 2.68 bits per heavy atom. The van der Waals surface area contributed by atoms with Crippen LogP contribution in [0.3, 0.4) is 0 Å². The van der Waals surface area contributed by atoms with Gasteiger partial charge in [0.15, 0.2) is 11.3 Å². The van der Waals surface area contributed by atoms with Gasteiger partial charge in [-0.2, -0.15) is 10.2 Å². The van der Waals surface area contributed by atoms with Gasteiger partial charge in [-0.25, -0.2) is 9.50 Å². The Morgan fingerprint density at radius 1 is 1.21 bits per heavy atom. The Hall–Kier alpha value is -3.48. The Bertz CT molecular complexity index is 1130. The number of hydrogen-bond donors (Lipinski definition) is 1. The maximum absolute atomic E-state index is 12.8. The average Bonchev–Trinajstić information content (AvgIpc) is 3.30. The van der Waals surface area contributed by atoms with Crippen LogP contribution in [-0.2, 0) is 7.05 Å². The number of carbonyl (C=O) groups excluding carboxylic acids is 1. The summed E-state index contributed by atoms with van der Waals surface area (Å²) in [6.45, 7) is 4.05. The monoisotopic (exact) mass is 374 g/mol. The first kappa shape index (κ1) is 17.9. The second kappa shape index (κ2) is 7.26. The Labute approximate surface area is 163 Å². The third-order valence-electron chi connectivity index (χ3n) is 5.02. The van der Waals surface area contributed by atoms with Gasteiger partial charge < -0.3 is 5.32 Å². The predicted octanol–water partition coefficient (Wildman–Crippen LogP) is 3.32. The van der Waals surface area contributed by atoms with Crippen LogP contribution in [0.1, 0.15) is 41.1 Å². The number of benzene rings is 1. The number of nitrogens with one attached hydrogen (secondary N) is 1. The van der Waals surface area contributed by atoms with Crippen LogP contribution in [0.25, 0.3) is 16.9 Å². The fourth-order valence-corrected chi connectivity index (χ4v) is 3.30. The fourth-order valence-electron chi connectivity index (χ4n) is 3.30. The summed E-state index contributed by atoms with van der Waals surface area (Å²) in [7, 11) is 1.90. The maximum atomic E-state index is 12.8. The van der Waals surface area contributed by atoms with Gasteiger partial charge in [-0.3, -0.25) is 9.48 Å². The first-order valence-electron chi connectivity index (χ1n) is 9.28. The summed E-state index contributed by atoms with van der Waals surface area (Å²) in [5.41, 5.74) is 4.87. The molecule has 3 aromatic heterocycles. The molecule has 28 heavy (non-hydrogen) atoms. The molecule has 3 heterocycles. The average molecular weight is 374 g/mol. The molecule has 1 amide bonds. The van der Waals surface area contributed by atoms with Crippen LogP contribution in [0.5, 0.6) is 0 Å². The molecule has 7 heteroatoms. The molecule has 142 valence electrons. The molecule has 0 aliphatic rings. The molecule has 1 atom stereocenters. The summed E-state index contributed by atoms with van der Waals surface area (Å²) in [5.74, 6) is -0.213. The minimum absolute atomic E-state index is 0.0634. The number of hydrogen-bond acceptors (Lipinski definition) is 4. The highest BCUT2D eigenvalue weighted by Gasteiger charge is 2.19. The second-order valence-corrected chi connectivity index (χ2v) is 6.74. The number of nitrogens with zero attached hydrogens (tertiary/aromatic N) is 5. The first-order chi connectivity index (χ1) is 13.6. The molecule has 7 nitrogen and oxygen atoms in total. The Morgan fingerprint density at radius 2 is 2.00 bits per heavy atom. The third-order valence-corrected chi connectivity index (χ3v) is 5.02. The molecule has 1 N–H and O–H groups in total. The van der Waals surface area contributed by atoms with Crippen LogP contribution < -0.4 is 5.32 Å². The quantitative estimate of drug-likeness (QED) is 0.581. The minimum atomic E-state index is -0.213. The van der Waals surface area contributed by atoms with Crippen LogP contribution in [0.4, 0.5) is 0 Å². The topological polar surface area (TPSA) is 77.1 Å². The summed E-state index contributed by atoms with van der Waals surface area (Å²) in [6, 6.07) is 13.5. The molecule has 1 aromatic carbocycles. The molecule has 4 rings (SSSR count). The van der Waals surface area contributed by atoms with E-state index in [1.54, 1.807) is 23.0 Å². The molecule has 1 unspecified atom stereocenters. The molecule has 0 saturated heterocycles. The fraction of sp³-hybridized carbons (Fsp3) is 0.238. The lowest BCUT2D eigenvalue weighted by molar-refractivity contribution is 0.0930. The lowest BCUT2D eigenvalue weighted by atomic mass is 10.0. The van der Waals surface area contributed by atoms with Gasteiger partial charge in [-0.1, -0.05) is 37.3 Å². The Balaban J connectivity index is 1.67. The number of carbonyl (C=O) groups is 1. The molecular formula is C21H22N6O. The largest absolute Gasteiger partial charge is 0.344 e. The molecule has 0 aliphatic heterocycles. The van der Waals surface area contributed by atoms with E-state index in [1.807, 2.05) is 62.0 Å². The van der Waals surface area contributed by atoms with Crippen molar-refractivity contribution in [3.05, 3.63) is 71.8 Å². The van der Waals surface area contributed by atoms with E-state index in [0.717, 1.165) is 28.9 Å². The van der Waals surface area contributed by atoms with Crippen LogP contribution >= 0.6 is 0 Å². The number of aryl methyl sites for hydroxylation is 1. The highest BCUT2D eigenvalue weighted by atomic mass is 16.2. The van der Waals surface area contributed by atoms with Crippen molar-refractivity contribution in [2.75, 3.05) is 0 Å². The standard InChI is InChI=1S/C21H22N6O/c1-4-17(15-8-6-5-7-9-15)24-21(28)18-12-20-22-11-10-19(27(20)25-18)16-13-23-26(3)14(16)2/h5-13,17H,4H2,1-3H3,(H,24,28). The van der Waals surface area contributed by atoms with Crippen LogP contribution in [0, 0.1) is 6.92 Å². The van der Waals surface area contributed by atoms with Crippen molar-refractivity contribution in [2.24, 2.45) is 7.05 Å². The van der Waals surface area contributed by atoms with Gasteiger partial charge in [0.25, 0.3) is 5.91 Å². The van der Waals surface area contributed by atoms with Crippen molar-refractivity contribution in [2.45, 2.75) is 26.3 Å². The summed E-state index contributed by atoms with van der Waals surface area (Å²) in [5, 5.41) is 11.9. The van der Waals surface area contributed by atoms with E-state index < -0.39 is 0 Å². The van der Waals surface area contributed by atoms with Gasteiger partial charge >= 0.3 is 0 Å². The van der Waals surface area contributed by atoms with Crippen molar-refractivity contribution in [1.82, 2.24) is 29.7 Å². The van der Waals surface area contributed by atoms with Gasteiger partial charge in [0, 0.05) is 30.6 Å². The zero-order valence-corrected chi connectivity index (χ0v) is 16.1. The van der Waals surface area contributed by atoms with E-state index in [2.05, 4.69) is 20.5 Å². The number of fused-ring (bicyclic) bond motifs is 1. The highest BCUT2D eigenvalue weighted by Crippen LogP contribution is 2.23. The van der Waals surface area contributed by atoms with E-state index in [4.69, 9.17) is 0 Å². The van der Waals surface area contributed by atoms with E-state index in [-0.39, 0.29) is 11.9 Å². The van der Waals surface area contributed by atoms with Crippen molar-refractivity contribution < 1.29 is 4.79 Å². The summed E-state index contributed by atoms with van der Waals surface area (Å²) < 4.78 is 3.51. The number of amides is 1. The van der Waals surface area contributed by atoms with Gasteiger partial charge in [0.05, 0.1) is 17.9 Å². The van der Waals surface area contributed by atoms with E-state index in [1.165, 1.54) is 0 Å². The molecular weight excluding hydrogens is 352 g/mol. The van der Waals surface area contributed by atoms with Crippen molar-refractivity contribution in [3.63, 3.8) is 0 Å². The van der Waals surface area contributed by atoms with Crippen molar-refractivity contribution in [1.29, 1.82) is 0 Å². The van der Waals surface area contributed by atoms with E-state index >= 15 is 0 Å². The normalized spacial score (nSPS) is 12.2. The molecule has 0 bridgehead atoms. The summed E-state index contributed by atoms with van der Waals surface area (Å²) in [4.78, 5) is 17.2. The van der Waals surface area contributed by atoms with Crippen LogP contribution in [0.15, 0.2) is 54.9 Å². The molecule has 0 spiro atoms.